The minimum atomic E-state index is -0.244. The first-order chi connectivity index (χ1) is 11.9. The first-order valence-corrected chi connectivity index (χ1v) is 9.26. The molecular weight excluding hydrogens is 314 g/mol. The van der Waals surface area contributed by atoms with Crippen molar-refractivity contribution in [2.24, 2.45) is 5.92 Å². The summed E-state index contributed by atoms with van der Waals surface area (Å²) in [6, 6.07) is 8.12. The lowest BCUT2D eigenvalue weighted by molar-refractivity contribution is -0.131. The number of benzene rings is 1. The van der Waals surface area contributed by atoms with Crippen LogP contribution in [0.1, 0.15) is 44.7 Å². The fourth-order valence-electron chi connectivity index (χ4n) is 3.49. The lowest BCUT2D eigenvalue weighted by Crippen LogP contribution is -2.55. The van der Waals surface area contributed by atoms with Gasteiger partial charge in [-0.15, -0.1) is 0 Å². The van der Waals surface area contributed by atoms with E-state index in [4.69, 9.17) is 0 Å². The fourth-order valence-corrected chi connectivity index (χ4v) is 3.49. The number of amides is 2. The number of rotatable bonds is 6. The van der Waals surface area contributed by atoms with E-state index in [1.807, 2.05) is 30.0 Å². The molecule has 1 aliphatic rings. The maximum absolute atomic E-state index is 12.4. The van der Waals surface area contributed by atoms with E-state index in [1.54, 1.807) is 6.92 Å². The summed E-state index contributed by atoms with van der Waals surface area (Å²) in [6.07, 6.45) is 1.90. The van der Waals surface area contributed by atoms with Crippen LogP contribution in [0.25, 0.3) is 0 Å². The molecular formula is C20H31N3O2. The van der Waals surface area contributed by atoms with E-state index in [9.17, 15) is 9.59 Å². The Morgan fingerprint density at radius 3 is 2.68 bits per heavy atom. The van der Waals surface area contributed by atoms with Crippen molar-refractivity contribution in [3.8, 4) is 0 Å². The molecule has 0 spiro atoms. The monoisotopic (exact) mass is 345 g/mol. The third-order valence-electron chi connectivity index (χ3n) is 5.28. The van der Waals surface area contributed by atoms with Crippen LogP contribution in [0.3, 0.4) is 0 Å². The first-order valence-electron chi connectivity index (χ1n) is 9.26. The highest BCUT2D eigenvalue weighted by Crippen LogP contribution is 2.21. The van der Waals surface area contributed by atoms with E-state index < -0.39 is 0 Å². The van der Waals surface area contributed by atoms with Gasteiger partial charge in [-0.25, -0.2) is 0 Å². The molecule has 0 radical (unpaired) electrons. The molecule has 2 N–H and O–H groups in total. The van der Waals surface area contributed by atoms with Gasteiger partial charge in [-0.1, -0.05) is 37.6 Å². The molecule has 2 rings (SSSR count). The first kappa shape index (κ1) is 19.4. The second-order valence-corrected chi connectivity index (χ2v) is 7.06. The van der Waals surface area contributed by atoms with Gasteiger partial charge < -0.3 is 15.5 Å². The van der Waals surface area contributed by atoms with Gasteiger partial charge in [0, 0.05) is 32.6 Å². The van der Waals surface area contributed by atoms with E-state index in [2.05, 4.69) is 30.5 Å². The summed E-state index contributed by atoms with van der Waals surface area (Å²) < 4.78 is 0. The maximum Gasteiger partial charge on any atom is 0.237 e. The van der Waals surface area contributed by atoms with Crippen LogP contribution in [0.2, 0.25) is 0 Å². The van der Waals surface area contributed by atoms with Crippen molar-refractivity contribution in [3.63, 3.8) is 0 Å². The quantitative estimate of drug-likeness (QED) is 0.831. The smallest absolute Gasteiger partial charge is 0.237 e. The molecule has 1 heterocycles. The number of carbonyl (C=O) groups is 2. The molecule has 3 atom stereocenters. The minimum absolute atomic E-state index is 0.0205. The lowest BCUT2D eigenvalue weighted by atomic mass is 9.89. The van der Waals surface area contributed by atoms with Crippen LogP contribution in [0.4, 0.5) is 0 Å². The number of nitrogens with one attached hydrogen (secondary N) is 2. The van der Waals surface area contributed by atoms with Crippen LogP contribution in [0.5, 0.6) is 0 Å². The fraction of sp³-hybridized carbons (Fsp3) is 0.600. The highest BCUT2D eigenvalue weighted by Gasteiger charge is 2.30. The van der Waals surface area contributed by atoms with Crippen LogP contribution in [0, 0.1) is 12.8 Å². The zero-order valence-corrected chi connectivity index (χ0v) is 15.8. The number of nitrogens with zero attached hydrogens (tertiary/aromatic N) is 1. The van der Waals surface area contributed by atoms with Crippen molar-refractivity contribution in [1.82, 2.24) is 15.5 Å². The molecule has 0 aliphatic carbocycles. The minimum Gasteiger partial charge on any atom is -0.351 e. The number of carbonyl (C=O) groups excluding carboxylic acids is 2. The van der Waals surface area contributed by atoms with Gasteiger partial charge in [0.05, 0.1) is 6.04 Å². The van der Waals surface area contributed by atoms with E-state index in [0.717, 1.165) is 31.5 Å². The maximum atomic E-state index is 12.4. The Kier molecular flexibility index (Phi) is 7.00. The van der Waals surface area contributed by atoms with Crippen LogP contribution >= 0.6 is 0 Å². The summed E-state index contributed by atoms with van der Waals surface area (Å²) in [7, 11) is 0. The van der Waals surface area contributed by atoms with Crippen molar-refractivity contribution >= 4 is 11.8 Å². The van der Waals surface area contributed by atoms with E-state index in [1.165, 1.54) is 5.56 Å². The molecule has 1 aromatic rings. The SMILES string of the molecule is CC[C@@H]1CN(C(C)=O)CC[C@H]1N[C@H](C)C(=O)NCc1ccccc1C. The molecule has 1 aliphatic heterocycles. The van der Waals surface area contributed by atoms with Gasteiger partial charge in [-0.3, -0.25) is 9.59 Å². The zero-order valence-electron chi connectivity index (χ0n) is 15.8. The average molecular weight is 345 g/mol. The summed E-state index contributed by atoms with van der Waals surface area (Å²) in [5.74, 6) is 0.553. The van der Waals surface area contributed by atoms with Crippen LogP contribution in [0.15, 0.2) is 24.3 Å². The molecule has 1 fully saturated rings. The molecule has 5 heteroatoms. The third kappa shape index (κ3) is 5.30. The lowest BCUT2D eigenvalue weighted by Gasteiger charge is -2.39. The Morgan fingerprint density at radius 1 is 1.32 bits per heavy atom. The highest BCUT2D eigenvalue weighted by molar-refractivity contribution is 5.81. The van der Waals surface area contributed by atoms with Crippen molar-refractivity contribution < 1.29 is 9.59 Å². The number of hydrogen-bond acceptors (Lipinski definition) is 3. The Bertz CT molecular complexity index is 602. The van der Waals surface area contributed by atoms with E-state index >= 15 is 0 Å². The van der Waals surface area contributed by atoms with Crippen LogP contribution in [-0.4, -0.2) is 41.9 Å². The largest absolute Gasteiger partial charge is 0.351 e. The van der Waals surface area contributed by atoms with Crippen LogP contribution in [-0.2, 0) is 16.1 Å². The predicted octanol–water partition coefficient (Wildman–Crippen LogP) is 2.24. The number of aryl methyl sites for hydroxylation is 1. The van der Waals surface area contributed by atoms with Gasteiger partial charge in [-0.2, -0.15) is 0 Å². The summed E-state index contributed by atoms with van der Waals surface area (Å²) in [6.45, 7) is 9.84. The number of piperidine rings is 1. The zero-order chi connectivity index (χ0) is 18.4. The predicted molar refractivity (Wildman–Crippen MR) is 100 cm³/mol. The Labute approximate surface area is 151 Å². The molecule has 25 heavy (non-hydrogen) atoms. The second kappa shape index (κ2) is 8.99. The normalized spacial score (nSPS) is 21.7. The molecule has 1 saturated heterocycles. The third-order valence-corrected chi connectivity index (χ3v) is 5.28. The molecule has 0 bridgehead atoms. The topological polar surface area (TPSA) is 61.4 Å². The highest BCUT2D eigenvalue weighted by atomic mass is 16.2. The van der Waals surface area contributed by atoms with E-state index in [0.29, 0.717) is 12.5 Å². The summed E-state index contributed by atoms with van der Waals surface area (Å²) in [5.41, 5.74) is 2.33. The number of hydrogen-bond donors (Lipinski definition) is 2. The van der Waals surface area contributed by atoms with Gasteiger partial charge in [-0.05, 0) is 37.3 Å². The van der Waals surface area contributed by atoms with Gasteiger partial charge in [0.1, 0.15) is 0 Å². The van der Waals surface area contributed by atoms with Crippen molar-refractivity contribution in [2.45, 2.75) is 59.2 Å². The van der Waals surface area contributed by atoms with Crippen molar-refractivity contribution in [3.05, 3.63) is 35.4 Å². The van der Waals surface area contributed by atoms with Gasteiger partial charge in [0.2, 0.25) is 11.8 Å². The average Bonchev–Trinajstić information content (AvgIpc) is 2.60. The van der Waals surface area contributed by atoms with Crippen molar-refractivity contribution in [2.75, 3.05) is 13.1 Å². The van der Waals surface area contributed by atoms with Gasteiger partial charge >= 0.3 is 0 Å². The van der Waals surface area contributed by atoms with Crippen LogP contribution < -0.4 is 10.6 Å². The summed E-state index contributed by atoms with van der Waals surface area (Å²) in [5, 5.41) is 6.50. The Balaban J connectivity index is 1.85. The Morgan fingerprint density at radius 2 is 2.04 bits per heavy atom. The molecule has 0 aromatic heterocycles. The molecule has 0 unspecified atom stereocenters. The molecule has 2 amide bonds. The number of likely N-dealkylation sites (tertiary alicyclic amines) is 1. The molecule has 1 aromatic carbocycles. The summed E-state index contributed by atoms with van der Waals surface area (Å²) >= 11 is 0. The Hall–Kier alpha value is -1.88. The molecule has 5 nitrogen and oxygen atoms in total. The second-order valence-electron chi connectivity index (χ2n) is 7.06. The van der Waals surface area contributed by atoms with Crippen molar-refractivity contribution in [1.29, 1.82) is 0 Å². The molecule has 138 valence electrons. The van der Waals surface area contributed by atoms with Gasteiger partial charge in [0.25, 0.3) is 0 Å². The summed E-state index contributed by atoms with van der Waals surface area (Å²) in [4.78, 5) is 25.9. The van der Waals surface area contributed by atoms with E-state index in [-0.39, 0.29) is 23.9 Å². The standard InChI is InChI=1S/C20H31N3O2/c1-5-17-13-23(16(4)24)11-10-19(17)22-15(3)20(25)21-12-18-9-7-6-8-14(18)2/h6-9,15,17,19,22H,5,10-13H2,1-4H3,(H,21,25)/t15-,17-,19-/m1/s1. The molecule has 0 saturated carbocycles. The van der Waals surface area contributed by atoms with Gasteiger partial charge in [0.15, 0.2) is 0 Å².